The molecule has 3 N–H and O–H groups in total. The van der Waals surface area contributed by atoms with Gasteiger partial charge in [-0.25, -0.2) is 0 Å². The number of carbonyl (C=O) groups excluding carboxylic acids is 1. The summed E-state index contributed by atoms with van der Waals surface area (Å²) in [5.41, 5.74) is 5.67. The summed E-state index contributed by atoms with van der Waals surface area (Å²) in [6.07, 6.45) is 5.79. The maximum atomic E-state index is 12.3. The van der Waals surface area contributed by atoms with E-state index in [4.69, 9.17) is 5.73 Å². The lowest BCUT2D eigenvalue weighted by Crippen LogP contribution is -2.42. The lowest BCUT2D eigenvalue weighted by Gasteiger charge is -2.36. The van der Waals surface area contributed by atoms with Crippen molar-refractivity contribution in [3.63, 3.8) is 0 Å². The van der Waals surface area contributed by atoms with Gasteiger partial charge in [0.15, 0.2) is 0 Å². The molecule has 0 aromatic rings. The summed E-state index contributed by atoms with van der Waals surface area (Å²) in [7, 11) is 1.90. The number of aliphatic hydroxyl groups is 1. The number of aliphatic hydroxyl groups excluding tert-OH is 1. The minimum absolute atomic E-state index is 0.126. The Morgan fingerprint density at radius 1 is 1.22 bits per heavy atom. The monoisotopic (exact) mass is 254 g/mol. The summed E-state index contributed by atoms with van der Waals surface area (Å²) in [6.45, 7) is 1.57. The fourth-order valence-corrected chi connectivity index (χ4v) is 3.28. The number of nitrogens with two attached hydrogens (primary N) is 1. The third-order valence-electron chi connectivity index (χ3n) is 4.65. The highest BCUT2D eigenvalue weighted by atomic mass is 16.3. The first-order valence-corrected chi connectivity index (χ1v) is 7.23. The van der Waals surface area contributed by atoms with Crippen molar-refractivity contribution in [1.29, 1.82) is 0 Å². The fraction of sp³-hybridized carbons (Fsp3) is 0.929. The first-order chi connectivity index (χ1) is 8.60. The maximum absolute atomic E-state index is 12.3. The molecule has 0 bridgehead atoms. The van der Waals surface area contributed by atoms with Gasteiger partial charge in [-0.15, -0.1) is 0 Å². The van der Waals surface area contributed by atoms with Crippen molar-refractivity contribution >= 4 is 5.91 Å². The van der Waals surface area contributed by atoms with E-state index in [1.807, 2.05) is 11.9 Å². The van der Waals surface area contributed by atoms with Crippen molar-refractivity contribution in [3.05, 3.63) is 0 Å². The molecule has 18 heavy (non-hydrogen) atoms. The van der Waals surface area contributed by atoms with E-state index in [-0.39, 0.29) is 12.0 Å². The topological polar surface area (TPSA) is 66.6 Å². The molecule has 0 atom stereocenters. The Kier molecular flexibility index (Phi) is 4.62. The van der Waals surface area contributed by atoms with Crippen LogP contribution in [0.15, 0.2) is 0 Å². The van der Waals surface area contributed by atoms with Gasteiger partial charge in [-0.05, 0) is 56.9 Å². The molecular formula is C14H26N2O2. The van der Waals surface area contributed by atoms with Gasteiger partial charge in [0.25, 0.3) is 0 Å². The highest BCUT2D eigenvalue weighted by molar-refractivity contribution is 5.78. The molecule has 0 radical (unpaired) electrons. The van der Waals surface area contributed by atoms with Gasteiger partial charge in [-0.1, -0.05) is 0 Å². The van der Waals surface area contributed by atoms with E-state index in [0.29, 0.717) is 17.7 Å². The standard InChI is InChI=1S/C14H26N2O2/c1-16(9-11-6-13(17)7-11)14(18)12-4-2-10(8-15)3-5-12/h10-13,17H,2-9,15H2,1H3. The highest BCUT2D eigenvalue weighted by Crippen LogP contribution is 2.31. The average Bonchev–Trinajstić information content (AvgIpc) is 2.36. The largest absolute Gasteiger partial charge is 0.393 e. The summed E-state index contributed by atoms with van der Waals surface area (Å²) in [5, 5.41) is 9.26. The van der Waals surface area contributed by atoms with Crippen LogP contribution in [-0.4, -0.2) is 42.2 Å². The van der Waals surface area contributed by atoms with Gasteiger partial charge in [0.05, 0.1) is 6.10 Å². The third kappa shape index (κ3) is 3.23. The summed E-state index contributed by atoms with van der Waals surface area (Å²) in [6, 6.07) is 0. The molecule has 2 aliphatic rings. The molecule has 0 heterocycles. The summed E-state index contributed by atoms with van der Waals surface area (Å²) >= 11 is 0. The van der Waals surface area contributed by atoms with Crippen LogP contribution in [0.5, 0.6) is 0 Å². The van der Waals surface area contributed by atoms with Crippen molar-refractivity contribution in [2.24, 2.45) is 23.5 Å². The van der Waals surface area contributed by atoms with Crippen LogP contribution in [0.2, 0.25) is 0 Å². The van der Waals surface area contributed by atoms with Crippen molar-refractivity contribution in [3.8, 4) is 0 Å². The van der Waals surface area contributed by atoms with E-state index in [2.05, 4.69) is 0 Å². The molecule has 2 aliphatic carbocycles. The van der Waals surface area contributed by atoms with Crippen LogP contribution in [0.25, 0.3) is 0 Å². The van der Waals surface area contributed by atoms with E-state index in [1.54, 1.807) is 0 Å². The second-order valence-corrected chi connectivity index (χ2v) is 6.16. The zero-order valence-corrected chi connectivity index (χ0v) is 11.3. The molecule has 0 aromatic carbocycles. The zero-order valence-electron chi connectivity index (χ0n) is 11.3. The van der Waals surface area contributed by atoms with Crippen molar-refractivity contribution in [2.45, 2.75) is 44.6 Å². The Balaban J connectivity index is 1.73. The minimum Gasteiger partial charge on any atom is -0.393 e. The Morgan fingerprint density at radius 3 is 2.33 bits per heavy atom. The molecule has 2 fully saturated rings. The quantitative estimate of drug-likeness (QED) is 0.786. The van der Waals surface area contributed by atoms with Gasteiger partial charge in [0.1, 0.15) is 0 Å². The van der Waals surface area contributed by atoms with Crippen molar-refractivity contribution in [2.75, 3.05) is 20.1 Å². The third-order valence-corrected chi connectivity index (χ3v) is 4.65. The Hall–Kier alpha value is -0.610. The molecule has 1 amide bonds. The molecule has 0 saturated heterocycles. The normalized spacial score (nSPS) is 35.9. The van der Waals surface area contributed by atoms with Crippen LogP contribution in [-0.2, 0) is 4.79 Å². The second-order valence-electron chi connectivity index (χ2n) is 6.16. The number of amides is 1. The number of hydrogen-bond acceptors (Lipinski definition) is 3. The molecule has 4 nitrogen and oxygen atoms in total. The molecule has 0 aliphatic heterocycles. The average molecular weight is 254 g/mol. The molecule has 2 saturated carbocycles. The van der Waals surface area contributed by atoms with E-state index < -0.39 is 0 Å². The van der Waals surface area contributed by atoms with E-state index in [1.165, 1.54) is 0 Å². The van der Waals surface area contributed by atoms with Gasteiger partial charge >= 0.3 is 0 Å². The maximum Gasteiger partial charge on any atom is 0.225 e. The van der Waals surface area contributed by atoms with Crippen LogP contribution in [0, 0.1) is 17.8 Å². The number of nitrogens with zero attached hydrogens (tertiary/aromatic N) is 1. The van der Waals surface area contributed by atoms with E-state index in [9.17, 15) is 9.90 Å². The fourth-order valence-electron chi connectivity index (χ4n) is 3.28. The smallest absolute Gasteiger partial charge is 0.225 e. The number of rotatable bonds is 4. The van der Waals surface area contributed by atoms with E-state index in [0.717, 1.165) is 51.6 Å². The van der Waals surface area contributed by atoms with Crippen LogP contribution in [0.4, 0.5) is 0 Å². The van der Waals surface area contributed by atoms with Gasteiger partial charge in [-0.3, -0.25) is 4.79 Å². The molecule has 0 spiro atoms. The summed E-state index contributed by atoms with van der Waals surface area (Å²) < 4.78 is 0. The number of hydrogen-bond donors (Lipinski definition) is 2. The van der Waals surface area contributed by atoms with Crippen LogP contribution in [0.3, 0.4) is 0 Å². The number of carbonyl (C=O) groups is 1. The van der Waals surface area contributed by atoms with Crippen LogP contribution in [0.1, 0.15) is 38.5 Å². The molecule has 104 valence electrons. The van der Waals surface area contributed by atoms with Crippen LogP contribution >= 0.6 is 0 Å². The Morgan fingerprint density at radius 2 is 1.83 bits per heavy atom. The zero-order chi connectivity index (χ0) is 13.1. The lowest BCUT2D eigenvalue weighted by molar-refractivity contribution is -0.137. The van der Waals surface area contributed by atoms with Crippen molar-refractivity contribution < 1.29 is 9.90 Å². The first kappa shape index (κ1) is 13.8. The molecule has 4 heteroatoms. The molecular weight excluding hydrogens is 228 g/mol. The predicted molar refractivity (Wildman–Crippen MR) is 70.9 cm³/mol. The Bertz CT molecular complexity index is 282. The molecule has 2 rings (SSSR count). The van der Waals surface area contributed by atoms with Crippen molar-refractivity contribution in [1.82, 2.24) is 4.90 Å². The van der Waals surface area contributed by atoms with Gasteiger partial charge in [0, 0.05) is 19.5 Å². The van der Waals surface area contributed by atoms with Gasteiger partial charge in [-0.2, -0.15) is 0 Å². The van der Waals surface area contributed by atoms with Gasteiger partial charge < -0.3 is 15.7 Å². The molecule has 0 unspecified atom stereocenters. The predicted octanol–water partition coefficient (Wildman–Crippen LogP) is 0.981. The minimum atomic E-state index is -0.126. The highest BCUT2D eigenvalue weighted by Gasteiger charge is 2.32. The van der Waals surface area contributed by atoms with E-state index >= 15 is 0 Å². The summed E-state index contributed by atoms with van der Waals surface area (Å²) in [5.74, 6) is 1.64. The van der Waals surface area contributed by atoms with Gasteiger partial charge in [0.2, 0.25) is 5.91 Å². The second kappa shape index (κ2) is 6.02. The lowest BCUT2D eigenvalue weighted by atomic mass is 9.80. The molecule has 0 aromatic heterocycles. The summed E-state index contributed by atoms with van der Waals surface area (Å²) in [4.78, 5) is 14.2. The SMILES string of the molecule is CN(CC1CC(O)C1)C(=O)C1CCC(CN)CC1. The first-order valence-electron chi connectivity index (χ1n) is 7.23. The Labute approximate surface area is 110 Å². The van der Waals surface area contributed by atoms with Crippen LogP contribution < -0.4 is 5.73 Å².